The largest absolute Gasteiger partial charge is 0.434 e. The van der Waals surface area contributed by atoms with Crippen molar-refractivity contribution in [3.8, 4) is 0 Å². The van der Waals surface area contributed by atoms with Gasteiger partial charge < -0.3 is 9.64 Å². The molecule has 19 heavy (non-hydrogen) atoms. The third-order valence-electron chi connectivity index (χ3n) is 2.76. The van der Waals surface area contributed by atoms with Gasteiger partial charge in [-0.15, -0.1) is 0 Å². The van der Waals surface area contributed by atoms with E-state index < -0.39 is 17.8 Å². The molecule has 1 fully saturated rings. The van der Waals surface area contributed by atoms with E-state index in [1.165, 1.54) is 4.90 Å². The maximum absolute atomic E-state index is 12.8. The Bertz CT molecular complexity index is 495. The molecule has 106 valence electrons. The summed E-state index contributed by atoms with van der Waals surface area (Å²) in [6, 6.07) is 0. The second-order valence-corrected chi connectivity index (χ2v) is 4.83. The zero-order valence-corrected chi connectivity index (χ0v) is 11.6. The number of rotatable bonds is 1. The van der Waals surface area contributed by atoms with Crippen molar-refractivity contribution in [3.63, 3.8) is 0 Å². The SMILES string of the molecule is Cn1nc(C(=O)N2CCOCC2)c(Br)c1C(F)(F)F. The average molecular weight is 342 g/mol. The van der Waals surface area contributed by atoms with E-state index in [-0.39, 0.29) is 10.2 Å². The molecule has 0 aliphatic carbocycles. The molecule has 0 N–H and O–H groups in total. The van der Waals surface area contributed by atoms with Crippen LogP contribution in [0.15, 0.2) is 4.47 Å². The molecule has 5 nitrogen and oxygen atoms in total. The lowest BCUT2D eigenvalue weighted by Crippen LogP contribution is -2.41. The number of nitrogens with zero attached hydrogens (tertiary/aromatic N) is 3. The maximum atomic E-state index is 12.8. The molecule has 0 radical (unpaired) electrons. The molecular formula is C10H11BrF3N3O2. The number of ether oxygens (including phenoxy) is 1. The van der Waals surface area contributed by atoms with Crippen molar-refractivity contribution in [2.45, 2.75) is 6.18 Å². The fourth-order valence-corrected chi connectivity index (χ4v) is 2.59. The van der Waals surface area contributed by atoms with Gasteiger partial charge in [0.15, 0.2) is 11.4 Å². The van der Waals surface area contributed by atoms with Gasteiger partial charge in [-0.3, -0.25) is 9.48 Å². The maximum Gasteiger partial charge on any atom is 0.434 e. The first-order chi connectivity index (χ1) is 8.82. The van der Waals surface area contributed by atoms with Gasteiger partial charge in [0.1, 0.15) is 0 Å². The summed E-state index contributed by atoms with van der Waals surface area (Å²) >= 11 is 2.82. The Kier molecular flexibility index (Phi) is 3.86. The van der Waals surface area contributed by atoms with Gasteiger partial charge in [0.2, 0.25) is 0 Å². The summed E-state index contributed by atoms with van der Waals surface area (Å²) in [4.78, 5) is 13.5. The van der Waals surface area contributed by atoms with E-state index in [1.54, 1.807) is 0 Å². The third-order valence-corrected chi connectivity index (χ3v) is 3.51. The van der Waals surface area contributed by atoms with E-state index in [2.05, 4.69) is 21.0 Å². The zero-order valence-electron chi connectivity index (χ0n) is 10.00. The van der Waals surface area contributed by atoms with Crippen LogP contribution in [0.3, 0.4) is 0 Å². The van der Waals surface area contributed by atoms with Crippen LogP contribution in [0.2, 0.25) is 0 Å². The molecule has 2 rings (SSSR count). The van der Waals surface area contributed by atoms with E-state index >= 15 is 0 Å². The zero-order chi connectivity index (χ0) is 14.2. The number of hydrogen-bond donors (Lipinski definition) is 0. The van der Waals surface area contributed by atoms with E-state index in [1.807, 2.05) is 0 Å². The minimum atomic E-state index is -4.57. The average Bonchev–Trinajstić information content (AvgIpc) is 2.64. The van der Waals surface area contributed by atoms with Gasteiger partial charge in [0.05, 0.1) is 17.7 Å². The highest BCUT2D eigenvalue weighted by molar-refractivity contribution is 9.10. The molecular weight excluding hydrogens is 331 g/mol. The minimum Gasteiger partial charge on any atom is -0.378 e. The van der Waals surface area contributed by atoms with E-state index in [9.17, 15) is 18.0 Å². The smallest absolute Gasteiger partial charge is 0.378 e. The molecule has 0 spiro atoms. The van der Waals surface area contributed by atoms with Gasteiger partial charge in [-0.25, -0.2) is 0 Å². The van der Waals surface area contributed by atoms with Crippen molar-refractivity contribution in [2.75, 3.05) is 26.3 Å². The van der Waals surface area contributed by atoms with Crippen LogP contribution in [0.5, 0.6) is 0 Å². The van der Waals surface area contributed by atoms with E-state index in [0.29, 0.717) is 31.0 Å². The van der Waals surface area contributed by atoms with Crippen molar-refractivity contribution in [1.29, 1.82) is 0 Å². The van der Waals surface area contributed by atoms with Gasteiger partial charge in [-0.05, 0) is 15.9 Å². The predicted octanol–water partition coefficient (Wildman–Crippen LogP) is 1.67. The molecule has 0 aromatic carbocycles. The van der Waals surface area contributed by atoms with Crippen molar-refractivity contribution in [1.82, 2.24) is 14.7 Å². The summed E-state index contributed by atoms with van der Waals surface area (Å²) in [6.07, 6.45) is -4.57. The Morgan fingerprint density at radius 2 is 1.95 bits per heavy atom. The summed E-state index contributed by atoms with van der Waals surface area (Å²) in [7, 11) is 1.16. The normalized spacial score (nSPS) is 16.8. The van der Waals surface area contributed by atoms with Gasteiger partial charge in [0.25, 0.3) is 5.91 Å². The predicted molar refractivity (Wildman–Crippen MR) is 62.6 cm³/mol. The lowest BCUT2D eigenvalue weighted by molar-refractivity contribution is -0.144. The van der Waals surface area contributed by atoms with Crippen LogP contribution in [-0.2, 0) is 18.0 Å². The number of hydrogen-bond acceptors (Lipinski definition) is 3. The van der Waals surface area contributed by atoms with Crippen LogP contribution >= 0.6 is 15.9 Å². The molecule has 1 saturated heterocycles. The lowest BCUT2D eigenvalue weighted by Gasteiger charge is -2.26. The highest BCUT2D eigenvalue weighted by Gasteiger charge is 2.40. The Hall–Kier alpha value is -1.09. The van der Waals surface area contributed by atoms with E-state index in [0.717, 1.165) is 7.05 Å². The molecule has 2 heterocycles. The second-order valence-electron chi connectivity index (χ2n) is 4.04. The van der Waals surface area contributed by atoms with Crippen molar-refractivity contribution in [2.24, 2.45) is 7.05 Å². The quantitative estimate of drug-likeness (QED) is 0.780. The molecule has 9 heteroatoms. The highest BCUT2D eigenvalue weighted by atomic mass is 79.9. The molecule has 1 amide bonds. The van der Waals surface area contributed by atoms with Crippen molar-refractivity contribution < 1.29 is 22.7 Å². The van der Waals surface area contributed by atoms with Gasteiger partial charge >= 0.3 is 6.18 Å². The fraction of sp³-hybridized carbons (Fsp3) is 0.600. The summed E-state index contributed by atoms with van der Waals surface area (Å²) in [5, 5.41) is 3.67. The summed E-state index contributed by atoms with van der Waals surface area (Å²) < 4.78 is 43.8. The number of morpholine rings is 1. The first-order valence-corrected chi connectivity index (χ1v) is 6.28. The van der Waals surface area contributed by atoms with Crippen LogP contribution < -0.4 is 0 Å². The number of carbonyl (C=O) groups excluding carboxylic acids is 1. The summed E-state index contributed by atoms with van der Waals surface area (Å²) in [6.45, 7) is 1.46. The first kappa shape index (κ1) is 14.3. The van der Waals surface area contributed by atoms with Gasteiger partial charge in [-0.1, -0.05) is 0 Å². The molecule has 0 saturated carbocycles. The molecule has 1 aromatic rings. The number of amides is 1. The molecule has 1 aliphatic rings. The van der Waals surface area contributed by atoms with Crippen LogP contribution in [0.1, 0.15) is 16.2 Å². The monoisotopic (exact) mass is 341 g/mol. The number of aryl methyl sites for hydroxylation is 1. The van der Waals surface area contributed by atoms with Crippen LogP contribution in [0.4, 0.5) is 13.2 Å². The Morgan fingerprint density at radius 3 is 2.42 bits per heavy atom. The number of halogens is 4. The van der Waals surface area contributed by atoms with Gasteiger partial charge in [-0.2, -0.15) is 18.3 Å². The molecule has 0 atom stereocenters. The molecule has 1 aliphatic heterocycles. The molecule has 0 unspecified atom stereocenters. The van der Waals surface area contributed by atoms with Crippen molar-refractivity contribution >= 4 is 21.8 Å². The molecule has 1 aromatic heterocycles. The number of aromatic nitrogens is 2. The molecule has 0 bridgehead atoms. The highest BCUT2D eigenvalue weighted by Crippen LogP contribution is 2.36. The van der Waals surface area contributed by atoms with Gasteiger partial charge in [0, 0.05) is 20.1 Å². The Balaban J connectivity index is 2.33. The topological polar surface area (TPSA) is 47.4 Å². The number of carbonyl (C=O) groups is 1. The minimum absolute atomic E-state index is 0.225. The number of alkyl halides is 3. The Labute approximate surface area is 115 Å². The standard InChI is InChI=1S/C10H11BrF3N3O2/c1-16-8(10(12,13)14)6(11)7(15-16)9(18)17-2-4-19-5-3-17/h2-5H2,1H3. The van der Waals surface area contributed by atoms with Crippen LogP contribution in [0.25, 0.3) is 0 Å². The summed E-state index contributed by atoms with van der Waals surface area (Å²) in [5.74, 6) is -0.527. The fourth-order valence-electron chi connectivity index (χ4n) is 1.86. The first-order valence-electron chi connectivity index (χ1n) is 5.49. The van der Waals surface area contributed by atoms with E-state index in [4.69, 9.17) is 4.74 Å². The summed E-state index contributed by atoms with van der Waals surface area (Å²) in [5.41, 5.74) is -1.19. The Morgan fingerprint density at radius 1 is 1.37 bits per heavy atom. The second kappa shape index (κ2) is 5.12. The van der Waals surface area contributed by atoms with Crippen LogP contribution in [-0.4, -0.2) is 46.9 Å². The van der Waals surface area contributed by atoms with Crippen molar-refractivity contribution in [3.05, 3.63) is 15.9 Å². The lowest BCUT2D eigenvalue weighted by atomic mass is 10.3. The third kappa shape index (κ3) is 2.76. The van der Waals surface area contributed by atoms with Crippen LogP contribution in [0, 0.1) is 0 Å².